The van der Waals surface area contributed by atoms with E-state index >= 15 is 0 Å². The number of carbonyl (C=O) groups is 1. The third-order valence-electron chi connectivity index (χ3n) is 4.02. The van der Waals surface area contributed by atoms with Gasteiger partial charge in [-0.1, -0.05) is 13.8 Å². The summed E-state index contributed by atoms with van der Waals surface area (Å²) in [5, 5.41) is 5.95. The fourth-order valence-corrected chi connectivity index (χ4v) is 3.97. The van der Waals surface area contributed by atoms with E-state index in [2.05, 4.69) is 10.4 Å². The van der Waals surface area contributed by atoms with E-state index in [-0.39, 0.29) is 23.5 Å². The largest absolute Gasteiger partial charge is 0.435 e. The highest BCUT2D eigenvalue weighted by Gasteiger charge is 2.33. The molecule has 0 bridgehead atoms. The molecule has 1 N–H and O–H groups in total. The number of nitrogens with zero attached hydrogens (tertiary/aromatic N) is 3. The second kappa shape index (κ2) is 8.74. The Kier molecular flexibility index (Phi) is 6.83. The van der Waals surface area contributed by atoms with Crippen molar-refractivity contribution in [3.05, 3.63) is 47.8 Å². The molecule has 0 radical (unpaired) electrons. The fourth-order valence-electron chi connectivity index (χ4n) is 2.51. The van der Waals surface area contributed by atoms with Crippen LogP contribution < -0.4 is 5.32 Å². The zero-order chi connectivity index (χ0) is 20.9. The van der Waals surface area contributed by atoms with Crippen molar-refractivity contribution in [2.24, 2.45) is 0 Å². The molecule has 2 rings (SSSR count). The van der Waals surface area contributed by atoms with Crippen LogP contribution in [0.4, 0.5) is 13.2 Å². The number of halogens is 3. The maximum Gasteiger partial charge on any atom is 0.435 e. The van der Waals surface area contributed by atoms with Crippen molar-refractivity contribution >= 4 is 15.9 Å². The van der Waals surface area contributed by atoms with Gasteiger partial charge in [-0.05, 0) is 30.3 Å². The number of hydrogen-bond acceptors (Lipinski definition) is 4. The van der Waals surface area contributed by atoms with Crippen LogP contribution in [0, 0.1) is 0 Å². The maximum absolute atomic E-state index is 12.5. The van der Waals surface area contributed by atoms with Gasteiger partial charge in [-0.3, -0.25) is 9.48 Å². The number of carbonyl (C=O) groups excluding carboxylic acids is 1. The number of rotatable bonds is 8. The lowest BCUT2D eigenvalue weighted by Crippen LogP contribution is -2.31. The van der Waals surface area contributed by atoms with E-state index in [0.29, 0.717) is 13.1 Å². The van der Waals surface area contributed by atoms with Crippen LogP contribution in [0.2, 0.25) is 0 Å². The van der Waals surface area contributed by atoms with E-state index < -0.39 is 27.8 Å². The van der Waals surface area contributed by atoms with Gasteiger partial charge in [0, 0.05) is 31.4 Å². The molecule has 0 saturated heterocycles. The molecule has 0 aliphatic carbocycles. The highest BCUT2D eigenvalue weighted by atomic mass is 32.2. The number of sulfonamides is 1. The highest BCUT2D eigenvalue weighted by Crippen LogP contribution is 2.27. The van der Waals surface area contributed by atoms with Crippen molar-refractivity contribution in [1.29, 1.82) is 0 Å². The molecule has 0 aliphatic heterocycles. The van der Waals surface area contributed by atoms with Crippen LogP contribution in [0.5, 0.6) is 0 Å². The SMILES string of the molecule is CCN(CC)S(=O)(=O)c1ccc(C(=O)NCCn2ccc(C(F)(F)F)n2)cc1. The summed E-state index contributed by atoms with van der Waals surface area (Å²) >= 11 is 0. The van der Waals surface area contributed by atoms with Crippen molar-refractivity contribution in [2.75, 3.05) is 19.6 Å². The first kappa shape index (κ1) is 21.9. The lowest BCUT2D eigenvalue weighted by Gasteiger charge is -2.18. The average molecular weight is 418 g/mol. The van der Waals surface area contributed by atoms with E-state index in [0.717, 1.165) is 10.7 Å². The number of amides is 1. The van der Waals surface area contributed by atoms with E-state index in [4.69, 9.17) is 0 Å². The first-order valence-electron chi connectivity index (χ1n) is 8.58. The molecule has 7 nitrogen and oxygen atoms in total. The Bertz CT molecular complexity index is 904. The maximum atomic E-state index is 12.5. The molecule has 0 saturated carbocycles. The van der Waals surface area contributed by atoms with E-state index in [1.54, 1.807) is 13.8 Å². The minimum Gasteiger partial charge on any atom is -0.350 e. The summed E-state index contributed by atoms with van der Waals surface area (Å²) in [7, 11) is -3.61. The topological polar surface area (TPSA) is 84.3 Å². The van der Waals surface area contributed by atoms with Gasteiger partial charge >= 0.3 is 6.18 Å². The van der Waals surface area contributed by atoms with Crippen LogP contribution in [0.25, 0.3) is 0 Å². The minimum absolute atomic E-state index is 0.0657. The van der Waals surface area contributed by atoms with Gasteiger partial charge in [-0.2, -0.15) is 22.6 Å². The van der Waals surface area contributed by atoms with Crippen molar-refractivity contribution in [3.63, 3.8) is 0 Å². The quantitative estimate of drug-likeness (QED) is 0.713. The van der Waals surface area contributed by atoms with Gasteiger partial charge in [0.05, 0.1) is 11.4 Å². The second-order valence-electron chi connectivity index (χ2n) is 5.83. The predicted octanol–water partition coefficient (Wildman–Crippen LogP) is 2.36. The molecular weight excluding hydrogens is 397 g/mol. The molecule has 28 heavy (non-hydrogen) atoms. The summed E-state index contributed by atoms with van der Waals surface area (Å²) in [5.41, 5.74) is -0.751. The highest BCUT2D eigenvalue weighted by molar-refractivity contribution is 7.89. The molecule has 11 heteroatoms. The zero-order valence-corrected chi connectivity index (χ0v) is 16.2. The Morgan fingerprint density at radius 2 is 1.75 bits per heavy atom. The van der Waals surface area contributed by atoms with Crippen molar-refractivity contribution in [1.82, 2.24) is 19.4 Å². The van der Waals surface area contributed by atoms with Crippen LogP contribution in [0.1, 0.15) is 29.9 Å². The van der Waals surface area contributed by atoms with Gasteiger partial charge in [0.15, 0.2) is 5.69 Å². The normalized spacial score (nSPS) is 12.4. The summed E-state index contributed by atoms with van der Waals surface area (Å²) in [5.74, 6) is -0.463. The first-order valence-corrected chi connectivity index (χ1v) is 10.0. The number of aromatic nitrogens is 2. The fraction of sp³-hybridized carbons (Fsp3) is 0.412. The molecule has 0 fully saturated rings. The van der Waals surface area contributed by atoms with E-state index in [1.807, 2.05) is 0 Å². The van der Waals surface area contributed by atoms with Crippen LogP contribution in [-0.4, -0.2) is 48.0 Å². The summed E-state index contributed by atoms with van der Waals surface area (Å²) in [4.78, 5) is 12.2. The summed E-state index contributed by atoms with van der Waals surface area (Å²) in [6.45, 7) is 4.28. The Labute approximate surface area is 161 Å². The third kappa shape index (κ3) is 5.10. The number of hydrogen-bond donors (Lipinski definition) is 1. The first-order chi connectivity index (χ1) is 13.1. The molecule has 1 aromatic heterocycles. The van der Waals surface area contributed by atoms with Crippen LogP contribution in [-0.2, 0) is 22.7 Å². The Hall–Kier alpha value is -2.40. The molecule has 1 aromatic carbocycles. The summed E-state index contributed by atoms with van der Waals surface area (Å²) in [6, 6.07) is 6.34. The van der Waals surface area contributed by atoms with Gasteiger partial charge in [-0.15, -0.1) is 0 Å². The minimum atomic E-state index is -4.51. The number of nitrogens with one attached hydrogen (secondary N) is 1. The van der Waals surface area contributed by atoms with Gasteiger partial charge in [-0.25, -0.2) is 8.42 Å². The van der Waals surface area contributed by atoms with Crippen LogP contribution in [0.15, 0.2) is 41.4 Å². The van der Waals surface area contributed by atoms with Gasteiger partial charge < -0.3 is 5.32 Å². The van der Waals surface area contributed by atoms with Crippen molar-refractivity contribution in [3.8, 4) is 0 Å². The van der Waals surface area contributed by atoms with Crippen LogP contribution >= 0.6 is 0 Å². The lowest BCUT2D eigenvalue weighted by molar-refractivity contribution is -0.141. The van der Waals surface area contributed by atoms with E-state index in [1.165, 1.54) is 34.8 Å². The zero-order valence-electron chi connectivity index (χ0n) is 15.4. The van der Waals surface area contributed by atoms with Crippen LogP contribution in [0.3, 0.4) is 0 Å². The van der Waals surface area contributed by atoms with Gasteiger partial charge in [0.1, 0.15) is 0 Å². The Balaban J connectivity index is 1.95. The standard InChI is InChI=1S/C17H21F3N4O3S/c1-3-24(4-2)28(26,27)14-7-5-13(6-8-14)16(25)21-10-12-23-11-9-15(22-23)17(18,19)20/h5-9,11H,3-4,10,12H2,1-2H3,(H,21,25). The summed E-state index contributed by atoms with van der Waals surface area (Å²) in [6.07, 6.45) is -3.33. The van der Waals surface area contributed by atoms with Gasteiger partial charge in [0.2, 0.25) is 10.0 Å². The molecule has 154 valence electrons. The predicted molar refractivity (Wildman–Crippen MR) is 96.1 cm³/mol. The smallest absolute Gasteiger partial charge is 0.350 e. The van der Waals surface area contributed by atoms with Crippen molar-refractivity contribution < 1.29 is 26.4 Å². The molecule has 2 aromatic rings. The monoisotopic (exact) mass is 418 g/mol. The lowest BCUT2D eigenvalue weighted by atomic mass is 10.2. The van der Waals surface area contributed by atoms with Gasteiger partial charge in [0.25, 0.3) is 5.91 Å². The summed E-state index contributed by atoms with van der Waals surface area (Å²) < 4.78 is 64.7. The molecule has 0 unspecified atom stereocenters. The number of benzene rings is 1. The Morgan fingerprint density at radius 3 is 2.25 bits per heavy atom. The Morgan fingerprint density at radius 1 is 1.14 bits per heavy atom. The molecule has 0 aliphatic rings. The third-order valence-corrected chi connectivity index (χ3v) is 6.08. The molecule has 0 atom stereocenters. The second-order valence-corrected chi connectivity index (χ2v) is 7.77. The molecular formula is C17H21F3N4O3S. The van der Waals surface area contributed by atoms with Crippen molar-refractivity contribution in [2.45, 2.75) is 31.5 Å². The molecule has 0 spiro atoms. The molecule has 1 heterocycles. The average Bonchev–Trinajstić information content (AvgIpc) is 3.12. The van der Waals surface area contributed by atoms with E-state index in [9.17, 15) is 26.4 Å². The number of alkyl halides is 3. The molecule has 1 amide bonds.